The van der Waals surface area contributed by atoms with E-state index in [0.29, 0.717) is 0 Å². The molecular formula is C10H10O6. The molecule has 0 fully saturated rings. The fourth-order valence-corrected chi connectivity index (χ4v) is 1.18. The third-order valence-electron chi connectivity index (χ3n) is 1.86. The zero-order valence-corrected chi connectivity index (χ0v) is 8.43. The molecule has 0 saturated heterocycles. The van der Waals surface area contributed by atoms with Crippen LogP contribution < -0.4 is 4.74 Å². The normalized spacial score (nSPS) is 9.81. The molecule has 0 atom stereocenters. The van der Waals surface area contributed by atoms with Crippen molar-refractivity contribution in [3.05, 3.63) is 23.3 Å². The first kappa shape index (κ1) is 11.8. The number of ether oxygens (including phenoxy) is 1. The summed E-state index contributed by atoms with van der Waals surface area (Å²) in [5.74, 6) is -3.33. The first-order valence-corrected chi connectivity index (χ1v) is 4.43. The Balaban J connectivity index is 3.36. The van der Waals surface area contributed by atoms with E-state index in [1.807, 2.05) is 0 Å². The van der Waals surface area contributed by atoms with Gasteiger partial charge in [0.1, 0.15) is 22.6 Å². The maximum atomic E-state index is 10.8. The average Bonchev–Trinajstić information content (AvgIpc) is 2.19. The summed E-state index contributed by atoms with van der Waals surface area (Å²) in [6, 6.07) is 1.85. The molecule has 6 heteroatoms. The Labute approximate surface area is 90.7 Å². The van der Waals surface area contributed by atoms with Crippen LogP contribution in [-0.2, 0) is 0 Å². The smallest absolute Gasteiger partial charge is 0.339 e. The van der Waals surface area contributed by atoms with Gasteiger partial charge in [0.15, 0.2) is 0 Å². The van der Waals surface area contributed by atoms with Crippen molar-refractivity contribution in [2.45, 2.75) is 6.92 Å². The van der Waals surface area contributed by atoms with Crippen LogP contribution >= 0.6 is 0 Å². The number of hydrogen-bond donors (Lipinski definition) is 3. The molecule has 0 aromatic heterocycles. The zero-order chi connectivity index (χ0) is 12.3. The second kappa shape index (κ2) is 4.52. The molecule has 0 unspecified atom stereocenters. The lowest BCUT2D eigenvalue weighted by molar-refractivity contribution is 0.0674. The number of carboxylic acids is 2. The summed E-state index contributed by atoms with van der Waals surface area (Å²) in [5, 5.41) is 26.8. The minimum absolute atomic E-state index is 0.0785. The van der Waals surface area contributed by atoms with Crippen molar-refractivity contribution in [3.8, 4) is 11.5 Å². The van der Waals surface area contributed by atoms with Crippen LogP contribution in [0, 0.1) is 0 Å². The van der Waals surface area contributed by atoms with Crippen molar-refractivity contribution in [2.24, 2.45) is 0 Å². The second-order valence-electron chi connectivity index (χ2n) is 2.91. The number of hydrogen-bond acceptors (Lipinski definition) is 4. The Morgan fingerprint density at radius 3 is 2.19 bits per heavy atom. The molecule has 6 nitrogen and oxygen atoms in total. The first-order chi connectivity index (χ1) is 7.47. The molecule has 1 aromatic carbocycles. The number of benzene rings is 1. The third-order valence-corrected chi connectivity index (χ3v) is 1.86. The molecule has 3 N–H and O–H groups in total. The summed E-state index contributed by atoms with van der Waals surface area (Å²) in [4.78, 5) is 21.5. The summed E-state index contributed by atoms with van der Waals surface area (Å²) in [7, 11) is 0. The van der Waals surface area contributed by atoms with Crippen LogP contribution in [0.15, 0.2) is 12.1 Å². The van der Waals surface area contributed by atoms with E-state index >= 15 is 0 Å². The van der Waals surface area contributed by atoms with Crippen LogP contribution in [0.2, 0.25) is 0 Å². The number of aromatic hydroxyl groups is 1. The molecule has 1 aromatic rings. The second-order valence-corrected chi connectivity index (χ2v) is 2.91. The Bertz CT molecular complexity index is 437. The predicted octanol–water partition coefficient (Wildman–Crippen LogP) is 1.19. The molecule has 0 aliphatic carbocycles. The van der Waals surface area contributed by atoms with E-state index in [0.717, 1.165) is 12.1 Å². The van der Waals surface area contributed by atoms with Crippen LogP contribution in [0.3, 0.4) is 0 Å². The van der Waals surface area contributed by atoms with Crippen LogP contribution in [0.5, 0.6) is 11.5 Å². The van der Waals surface area contributed by atoms with Gasteiger partial charge in [-0.1, -0.05) is 0 Å². The molecule has 16 heavy (non-hydrogen) atoms. The van der Waals surface area contributed by atoms with Gasteiger partial charge in [-0.3, -0.25) is 0 Å². The van der Waals surface area contributed by atoms with E-state index in [4.69, 9.17) is 14.9 Å². The lowest BCUT2D eigenvalue weighted by Gasteiger charge is -2.09. The van der Waals surface area contributed by atoms with Gasteiger partial charge < -0.3 is 20.1 Å². The molecule has 1 rings (SSSR count). The van der Waals surface area contributed by atoms with Gasteiger partial charge in [0.05, 0.1) is 6.61 Å². The zero-order valence-electron chi connectivity index (χ0n) is 8.43. The van der Waals surface area contributed by atoms with Crippen LogP contribution in [0.4, 0.5) is 0 Å². The fourth-order valence-electron chi connectivity index (χ4n) is 1.18. The standard InChI is InChI=1S/C10H10O6/c1-2-16-8-4-5(9(12)13)7(11)3-6(8)10(14)15/h3-4,11H,2H2,1H3,(H,12,13)(H,14,15). The largest absolute Gasteiger partial charge is 0.507 e. The quantitative estimate of drug-likeness (QED) is 0.712. The van der Waals surface area contributed by atoms with Gasteiger partial charge in [0.2, 0.25) is 0 Å². The van der Waals surface area contributed by atoms with Crippen molar-refractivity contribution >= 4 is 11.9 Å². The molecule has 0 bridgehead atoms. The van der Waals surface area contributed by atoms with Gasteiger partial charge >= 0.3 is 11.9 Å². The lowest BCUT2D eigenvalue weighted by Crippen LogP contribution is -2.06. The molecule has 0 aliphatic rings. The molecule has 0 amide bonds. The first-order valence-electron chi connectivity index (χ1n) is 4.43. The van der Waals surface area contributed by atoms with E-state index in [1.54, 1.807) is 6.92 Å². The highest BCUT2D eigenvalue weighted by atomic mass is 16.5. The molecule has 0 saturated carbocycles. The topological polar surface area (TPSA) is 104 Å². The summed E-state index contributed by atoms with van der Waals surface area (Å²) in [5.41, 5.74) is -0.669. The van der Waals surface area contributed by atoms with Gasteiger partial charge in [0.25, 0.3) is 0 Å². The van der Waals surface area contributed by atoms with E-state index in [9.17, 15) is 14.7 Å². The fraction of sp³-hybridized carbons (Fsp3) is 0.200. The summed E-state index contributed by atoms with van der Waals surface area (Å²) in [6.07, 6.45) is 0. The Kier molecular flexibility index (Phi) is 3.34. The predicted molar refractivity (Wildman–Crippen MR) is 53.2 cm³/mol. The maximum Gasteiger partial charge on any atom is 0.339 e. The number of aromatic carboxylic acids is 2. The minimum atomic E-state index is -1.35. The molecule has 0 aliphatic heterocycles. The highest BCUT2D eigenvalue weighted by molar-refractivity contribution is 5.96. The van der Waals surface area contributed by atoms with Gasteiger partial charge in [-0.15, -0.1) is 0 Å². The summed E-state index contributed by atoms with van der Waals surface area (Å²) < 4.78 is 4.99. The van der Waals surface area contributed by atoms with Crippen molar-refractivity contribution in [1.29, 1.82) is 0 Å². The highest BCUT2D eigenvalue weighted by Gasteiger charge is 2.18. The maximum absolute atomic E-state index is 10.8. The highest BCUT2D eigenvalue weighted by Crippen LogP contribution is 2.28. The molecular weight excluding hydrogens is 216 g/mol. The lowest BCUT2D eigenvalue weighted by atomic mass is 10.1. The molecule has 0 heterocycles. The summed E-state index contributed by atoms with van der Waals surface area (Å²) in [6.45, 7) is 1.84. The van der Waals surface area contributed by atoms with Crippen LogP contribution in [0.1, 0.15) is 27.6 Å². The number of carbonyl (C=O) groups is 2. The Morgan fingerprint density at radius 1 is 1.19 bits per heavy atom. The van der Waals surface area contributed by atoms with Gasteiger partial charge in [-0.2, -0.15) is 0 Å². The van der Waals surface area contributed by atoms with Crippen LogP contribution in [-0.4, -0.2) is 33.9 Å². The van der Waals surface area contributed by atoms with Crippen molar-refractivity contribution in [3.63, 3.8) is 0 Å². The Morgan fingerprint density at radius 2 is 1.75 bits per heavy atom. The number of rotatable bonds is 4. The molecule has 0 radical (unpaired) electrons. The SMILES string of the molecule is CCOc1cc(C(=O)O)c(O)cc1C(=O)O. The van der Waals surface area contributed by atoms with E-state index < -0.39 is 23.3 Å². The van der Waals surface area contributed by atoms with E-state index in [1.165, 1.54) is 0 Å². The van der Waals surface area contributed by atoms with E-state index in [2.05, 4.69) is 0 Å². The number of phenols is 1. The van der Waals surface area contributed by atoms with Gasteiger partial charge in [0, 0.05) is 0 Å². The van der Waals surface area contributed by atoms with Crippen molar-refractivity contribution < 1.29 is 29.6 Å². The van der Waals surface area contributed by atoms with Crippen LogP contribution in [0.25, 0.3) is 0 Å². The monoisotopic (exact) mass is 226 g/mol. The van der Waals surface area contributed by atoms with E-state index in [-0.39, 0.29) is 17.9 Å². The molecule has 0 spiro atoms. The number of carboxylic acid groups (broad SMARTS) is 2. The van der Waals surface area contributed by atoms with Crippen molar-refractivity contribution in [2.75, 3.05) is 6.61 Å². The van der Waals surface area contributed by atoms with Gasteiger partial charge in [-0.05, 0) is 19.1 Å². The average molecular weight is 226 g/mol. The minimum Gasteiger partial charge on any atom is -0.507 e. The third kappa shape index (κ3) is 2.22. The van der Waals surface area contributed by atoms with Gasteiger partial charge in [-0.25, -0.2) is 9.59 Å². The van der Waals surface area contributed by atoms with Crippen molar-refractivity contribution in [1.82, 2.24) is 0 Å². The molecule has 86 valence electrons. The summed E-state index contributed by atoms with van der Waals surface area (Å²) >= 11 is 0. The Hall–Kier alpha value is -2.24.